The van der Waals surface area contributed by atoms with Crippen LogP contribution in [0.15, 0.2) is 36.7 Å². The fourth-order valence-electron chi connectivity index (χ4n) is 3.68. The van der Waals surface area contributed by atoms with E-state index in [9.17, 15) is 0 Å². The molecule has 1 fully saturated rings. The Kier molecular flexibility index (Phi) is 4.85. The van der Waals surface area contributed by atoms with Gasteiger partial charge in [0.15, 0.2) is 0 Å². The van der Waals surface area contributed by atoms with Crippen molar-refractivity contribution in [2.75, 3.05) is 11.9 Å². The van der Waals surface area contributed by atoms with E-state index in [1.807, 2.05) is 43.9 Å². The third-order valence-electron chi connectivity index (χ3n) is 5.11. The third-order valence-corrected chi connectivity index (χ3v) is 5.11. The lowest BCUT2D eigenvalue weighted by atomic mass is 10.1. The lowest BCUT2D eigenvalue weighted by Gasteiger charge is -2.24. The average molecular weight is 363 g/mol. The zero-order chi connectivity index (χ0) is 18.8. The van der Waals surface area contributed by atoms with E-state index in [1.54, 1.807) is 6.20 Å². The lowest BCUT2D eigenvalue weighted by molar-refractivity contribution is 0.238. The number of pyridine rings is 1. The zero-order valence-corrected chi connectivity index (χ0v) is 16.1. The molecule has 0 bridgehead atoms. The van der Waals surface area contributed by atoms with Gasteiger partial charge in [0.2, 0.25) is 0 Å². The Morgan fingerprint density at radius 3 is 2.85 bits per heavy atom. The molecule has 4 heterocycles. The number of likely N-dealkylation sites (tertiary alicyclic amines) is 1. The summed E-state index contributed by atoms with van der Waals surface area (Å²) in [5, 5.41) is 7.64. The maximum atomic E-state index is 4.75. The van der Waals surface area contributed by atoms with E-state index in [2.05, 4.69) is 37.4 Å². The summed E-state index contributed by atoms with van der Waals surface area (Å²) in [6, 6.07) is 8.42. The largest absolute Gasteiger partial charge is 0.325 e. The van der Waals surface area contributed by atoms with Gasteiger partial charge in [-0.3, -0.25) is 9.58 Å². The number of aryl methyl sites for hydroxylation is 3. The topological polar surface area (TPSA) is 71.8 Å². The van der Waals surface area contributed by atoms with Crippen molar-refractivity contribution in [1.82, 2.24) is 29.6 Å². The first-order chi connectivity index (χ1) is 13.1. The average Bonchev–Trinajstić information content (AvgIpc) is 3.26. The lowest BCUT2D eigenvalue weighted by Crippen LogP contribution is -2.25. The van der Waals surface area contributed by atoms with Gasteiger partial charge in [0.25, 0.3) is 0 Å². The van der Waals surface area contributed by atoms with E-state index in [4.69, 9.17) is 4.98 Å². The molecular formula is C20H25N7. The number of hydrogen-bond donors (Lipinski definition) is 1. The van der Waals surface area contributed by atoms with Crippen LogP contribution in [0.4, 0.5) is 11.6 Å². The number of anilines is 2. The van der Waals surface area contributed by atoms with Gasteiger partial charge in [0.1, 0.15) is 17.5 Å². The Bertz CT molecular complexity index is 934. The van der Waals surface area contributed by atoms with Crippen LogP contribution in [-0.2, 0) is 13.6 Å². The third kappa shape index (κ3) is 3.83. The number of aromatic nitrogens is 5. The fourth-order valence-corrected chi connectivity index (χ4v) is 3.68. The minimum Gasteiger partial charge on any atom is -0.325 e. The van der Waals surface area contributed by atoms with Gasteiger partial charge in [0.05, 0.1) is 17.4 Å². The Labute approximate surface area is 159 Å². The Balaban J connectivity index is 1.58. The van der Waals surface area contributed by atoms with E-state index in [0.717, 1.165) is 48.2 Å². The van der Waals surface area contributed by atoms with Crippen LogP contribution in [0.3, 0.4) is 0 Å². The molecule has 140 valence electrons. The standard InChI is InChI=1S/C20H25N7/c1-14-6-4-9-21-20(14)25-19-12-17(23-15(2)24-19)18-7-5-11-27(18)13-16-8-10-22-26(16)3/h4,6,8-10,12,18H,5,7,11,13H2,1-3H3,(H,21,23,24,25)/t18-/m0/s1. The molecule has 4 rings (SSSR count). The minimum absolute atomic E-state index is 0.298. The number of rotatable bonds is 5. The first-order valence-electron chi connectivity index (χ1n) is 9.35. The molecule has 1 N–H and O–H groups in total. The van der Waals surface area contributed by atoms with Gasteiger partial charge in [-0.25, -0.2) is 15.0 Å². The van der Waals surface area contributed by atoms with Crippen LogP contribution >= 0.6 is 0 Å². The van der Waals surface area contributed by atoms with Crippen LogP contribution in [0.5, 0.6) is 0 Å². The highest BCUT2D eigenvalue weighted by Gasteiger charge is 2.28. The molecule has 1 atom stereocenters. The Hall–Kier alpha value is -2.80. The summed E-state index contributed by atoms with van der Waals surface area (Å²) < 4.78 is 1.94. The summed E-state index contributed by atoms with van der Waals surface area (Å²) in [4.78, 5) is 16.2. The SMILES string of the molecule is Cc1nc(Nc2ncccc2C)cc([C@@H]2CCCN2Cc2ccnn2C)n1. The number of nitrogens with zero attached hydrogens (tertiary/aromatic N) is 6. The van der Waals surface area contributed by atoms with E-state index < -0.39 is 0 Å². The van der Waals surface area contributed by atoms with Gasteiger partial charge in [0, 0.05) is 32.1 Å². The molecule has 0 spiro atoms. The predicted octanol–water partition coefficient (Wildman–Crippen LogP) is 3.30. The highest BCUT2D eigenvalue weighted by atomic mass is 15.3. The van der Waals surface area contributed by atoms with E-state index in [-0.39, 0.29) is 0 Å². The van der Waals surface area contributed by atoms with Crippen molar-refractivity contribution in [1.29, 1.82) is 0 Å². The molecule has 0 unspecified atom stereocenters. The predicted molar refractivity (Wildman–Crippen MR) is 105 cm³/mol. The van der Waals surface area contributed by atoms with Crippen LogP contribution in [0.25, 0.3) is 0 Å². The molecule has 7 nitrogen and oxygen atoms in total. The van der Waals surface area contributed by atoms with Gasteiger partial charge >= 0.3 is 0 Å². The quantitative estimate of drug-likeness (QED) is 0.750. The van der Waals surface area contributed by atoms with Crippen LogP contribution < -0.4 is 5.32 Å². The molecule has 3 aromatic heterocycles. The van der Waals surface area contributed by atoms with Crippen molar-refractivity contribution in [3.05, 3.63) is 59.4 Å². The normalized spacial score (nSPS) is 17.4. The molecule has 0 saturated carbocycles. The summed E-state index contributed by atoms with van der Waals surface area (Å²) >= 11 is 0. The summed E-state index contributed by atoms with van der Waals surface area (Å²) in [5.74, 6) is 2.40. The second-order valence-corrected chi connectivity index (χ2v) is 7.09. The molecule has 1 saturated heterocycles. The van der Waals surface area contributed by atoms with Crippen molar-refractivity contribution in [2.24, 2.45) is 7.05 Å². The van der Waals surface area contributed by atoms with Crippen molar-refractivity contribution in [3.8, 4) is 0 Å². The van der Waals surface area contributed by atoms with Crippen LogP contribution in [-0.4, -0.2) is 36.2 Å². The monoisotopic (exact) mass is 363 g/mol. The van der Waals surface area contributed by atoms with Gasteiger partial charge in [-0.1, -0.05) is 6.07 Å². The van der Waals surface area contributed by atoms with Gasteiger partial charge in [-0.15, -0.1) is 0 Å². The maximum Gasteiger partial charge on any atom is 0.135 e. The molecule has 0 amide bonds. The molecule has 27 heavy (non-hydrogen) atoms. The second-order valence-electron chi connectivity index (χ2n) is 7.09. The smallest absolute Gasteiger partial charge is 0.135 e. The molecule has 1 aliphatic rings. The number of nitrogens with one attached hydrogen (secondary N) is 1. The van der Waals surface area contributed by atoms with Crippen molar-refractivity contribution >= 4 is 11.6 Å². The van der Waals surface area contributed by atoms with Crippen molar-refractivity contribution in [2.45, 2.75) is 39.3 Å². The Morgan fingerprint density at radius 2 is 2.07 bits per heavy atom. The summed E-state index contributed by atoms with van der Waals surface area (Å²) in [6.45, 7) is 5.94. The molecule has 1 aliphatic heterocycles. The molecule has 0 aromatic carbocycles. The van der Waals surface area contributed by atoms with Crippen molar-refractivity contribution in [3.63, 3.8) is 0 Å². The van der Waals surface area contributed by atoms with Gasteiger partial charge < -0.3 is 5.32 Å². The molecule has 3 aromatic rings. The van der Waals surface area contributed by atoms with Crippen molar-refractivity contribution < 1.29 is 0 Å². The fraction of sp³-hybridized carbons (Fsp3) is 0.400. The van der Waals surface area contributed by atoms with Gasteiger partial charge in [-0.2, -0.15) is 5.10 Å². The highest BCUT2D eigenvalue weighted by Crippen LogP contribution is 2.33. The zero-order valence-electron chi connectivity index (χ0n) is 16.1. The van der Waals surface area contributed by atoms with E-state index >= 15 is 0 Å². The van der Waals surface area contributed by atoms with E-state index in [0.29, 0.717) is 6.04 Å². The van der Waals surface area contributed by atoms with E-state index in [1.165, 1.54) is 12.1 Å². The summed E-state index contributed by atoms with van der Waals surface area (Å²) in [7, 11) is 1.99. The molecule has 0 radical (unpaired) electrons. The second kappa shape index (κ2) is 7.44. The van der Waals surface area contributed by atoms with Crippen LogP contribution in [0.1, 0.15) is 41.7 Å². The van der Waals surface area contributed by atoms with Crippen LogP contribution in [0, 0.1) is 13.8 Å². The molecular weight excluding hydrogens is 338 g/mol. The summed E-state index contributed by atoms with van der Waals surface area (Å²) in [6.07, 6.45) is 5.92. The Morgan fingerprint density at radius 1 is 1.19 bits per heavy atom. The molecule has 7 heteroatoms. The number of hydrogen-bond acceptors (Lipinski definition) is 6. The summed E-state index contributed by atoms with van der Waals surface area (Å²) in [5.41, 5.74) is 3.38. The maximum absolute atomic E-state index is 4.75. The van der Waals surface area contributed by atoms with Gasteiger partial charge in [-0.05, 0) is 50.9 Å². The highest BCUT2D eigenvalue weighted by molar-refractivity contribution is 5.55. The first-order valence-corrected chi connectivity index (χ1v) is 9.35. The van der Waals surface area contributed by atoms with Crippen LogP contribution in [0.2, 0.25) is 0 Å². The minimum atomic E-state index is 0.298. The molecule has 0 aliphatic carbocycles. The first kappa shape index (κ1) is 17.6.